The number of nitrogens with zero attached hydrogens (tertiary/aromatic N) is 2. The molecule has 0 saturated carbocycles. The zero-order valence-electron chi connectivity index (χ0n) is 22.0. The Morgan fingerprint density at radius 2 is 1.63 bits per heavy atom. The van der Waals surface area contributed by atoms with Gasteiger partial charge in [0.2, 0.25) is 11.2 Å². The molecule has 3 aromatic carbocycles. The molecule has 4 heteroatoms. The minimum Gasteiger partial charge on any atom is -0.456 e. The topological polar surface area (TPSA) is 21.4 Å². The molecule has 0 unspecified atom stereocenters. The number of hydrogen-bond acceptors (Lipinski definition) is 1. The first kappa shape index (κ1) is 23.3. The normalized spacial score (nSPS) is 12.2. The summed E-state index contributed by atoms with van der Waals surface area (Å²) in [5.41, 5.74) is 9.72. The van der Waals surface area contributed by atoms with Gasteiger partial charge in [0.25, 0.3) is 0 Å². The largest absolute Gasteiger partial charge is 0.456 e. The number of hydrogen-bond donors (Lipinski definition) is 0. The third kappa shape index (κ3) is 3.66. The summed E-state index contributed by atoms with van der Waals surface area (Å²) in [7, 11) is 0.534. The maximum absolute atomic E-state index is 7.42. The van der Waals surface area contributed by atoms with Crippen LogP contribution in [0.25, 0.3) is 48.9 Å². The average Bonchev–Trinajstić information content (AvgIpc) is 3.16. The predicted octanol–water partition coefficient (Wildman–Crippen LogP) is 8.07. The van der Waals surface area contributed by atoms with Gasteiger partial charge in [-0.25, -0.2) is 4.85 Å². The monoisotopic (exact) mass is 477 g/mol. The van der Waals surface area contributed by atoms with Crippen molar-refractivity contribution in [2.24, 2.45) is 7.05 Å². The van der Waals surface area contributed by atoms with Crippen LogP contribution in [-0.4, -0.2) is 8.07 Å². The number of pyridine rings is 1. The SMILES string of the molecule is [C-]#[N+]c1ccc2c(c1)oc1c(-c3cc([Si](C)(C)C)c4ccc(C(C)C)cc4[n+]3C)c(C)c(C)cc12. The van der Waals surface area contributed by atoms with E-state index in [2.05, 4.69) is 94.1 Å². The molecule has 0 radical (unpaired) electrons. The first-order valence-electron chi connectivity index (χ1n) is 12.3. The van der Waals surface area contributed by atoms with Gasteiger partial charge < -0.3 is 4.42 Å². The molecule has 0 bridgehead atoms. The van der Waals surface area contributed by atoms with E-state index in [0.717, 1.165) is 27.5 Å². The van der Waals surface area contributed by atoms with Crippen molar-refractivity contribution < 1.29 is 8.98 Å². The van der Waals surface area contributed by atoms with Gasteiger partial charge in [-0.1, -0.05) is 51.7 Å². The molecule has 0 fully saturated rings. The second-order valence-electron chi connectivity index (χ2n) is 11.1. The van der Waals surface area contributed by atoms with Crippen molar-refractivity contribution in [3.63, 3.8) is 0 Å². The van der Waals surface area contributed by atoms with E-state index in [0.29, 0.717) is 11.6 Å². The molecule has 0 spiro atoms. The van der Waals surface area contributed by atoms with Crippen molar-refractivity contribution in [3.05, 3.63) is 76.6 Å². The highest BCUT2D eigenvalue weighted by Crippen LogP contribution is 2.40. The first-order valence-corrected chi connectivity index (χ1v) is 15.8. The number of aryl methyl sites for hydroxylation is 2. The van der Waals surface area contributed by atoms with E-state index in [-0.39, 0.29) is 0 Å². The van der Waals surface area contributed by atoms with Gasteiger partial charge in [0, 0.05) is 28.3 Å². The zero-order chi connectivity index (χ0) is 25.2. The summed E-state index contributed by atoms with van der Waals surface area (Å²) in [4.78, 5) is 3.61. The number of rotatable bonds is 3. The van der Waals surface area contributed by atoms with Gasteiger partial charge >= 0.3 is 0 Å². The van der Waals surface area contributed by atoms with E-state index in [4.69, 9.17) is 11.0 Å². The fourth-order valence-corrected chi connectivity index (χ4v) is 6.81. The summed E-state index contributed by atoms with van der Waals surface area (Å²) < 4.78 is 8.88. The van der Waals surface area contributed by atoms with Crippen LogP contribution in [0.15, 0.2) is 52.9 Å². The Hall–Kier alpha value is -3.42. The molecular formula is C31H33N2OSi+. The van der Waals surface area contributed by atoms with E-state index >= 15 is 0 Å². The summed E-state index contributed by atoms with van der Waals surface area (Å²) in [6.45, 7) is 23.6. The molecule has 35 heavy (non-hydrogen) atoms. The molecule has 0 atom stereocenters. The molecule has 0 amide bonds. The Morgan fingerprint density at radius 1 is 0.914 bits per heavy atom. The molecule has 0 aliphatic rings. The summed E-state index contributed by atoms with van der Waals surface area (Å²) in [5.74, 6) is 0.470. The first-order chi connectivity index (χ1) is 16.5. The maximum atomic E-state index is 7.42. The minimum absolute atomic E-state index is 0.470. The van der Waals surface area contributed by atoms with Crippen molar-refractivity contribution in [1.29, 1.82) is 0 Å². The molecular weight excluding hydrogens is 444 g/mol. The van der Waals surface area contributed by atoms with Crippen LogP contribution in [0.5, 0.6) is 0 Å². The molecule has 3 nitrogen and oxygen atoms in total. The molecule has 0 aliphatic heterocycles. The van der Waals surface area contributed by atoms with Gasteiger partial charge in [-0.05, 0) is 59.8 Å². The average molecular weight is 478 g/mol. The Bertz CT molecular complexity index is 1690. The molecule has 0 N–H and O–H groups in total. The van der Waals surface area contributed by atoms with E-state index in [1.54, 1.807) is 0 Å². The molecule has 5 aromatic rings. The standard InChI is InChI=1S/C31H33N2OSi/c1-18(2)21-10-12-24-26(15-21)33(6)27(17-29(24)35(7,8)9)30-20(4)19(3)14-25-23-13-11-22(32-5)16-28(23)34-31(25)30/h10-18H,1-4,6-9H3/q+1. The lowest BCUT2D eigenvalue weighted by molar-refractivity contribution is -0.633. The van der Waals surface area contributed by atoms with Gasteiger partial charge in [-0.15, -0.1) is 0 Å². The van der Waals surface area contributed by atoms with Crippen LogP contribution in [0.4, 0.5) is 5.69 Å². The Morgan fingerprint density at radius 3 is 2.29 bits per heavy atom. The Labute approximate surface area is 208 Å². The summed E-state index contributed by atoms with van der Waals surface area (Å²) in [6, 6.07) is 17.4. The zero-order valence-corrected chi connectivity index (χ0v) is 23.0. The molecule has 176 valence electrons. The molecule has 2 aromatic heterocycles. The highest BCUT2D eigenvalue weighted by atomic mass is 28.3. The molecule has 0 saturated heterocycles. The summed E-state index contributed by atoms with van der Waals surface area (Å²) >= 11 is 0. The van der Waals surface area contributed by atoms with Crippen LogP contribution in [0.1, 0.15) is 36.5 Å². The third-order valence-electron chi connectivity index (χ3n) is 7.44. The Balaban J connectivity index is 1.95. The van der Waals surface area contributed by atoms with Crippen LogP contribution < -0.4 is 9.75 Å². The molecule has 5 rings (SSSR count). The lowest BCUT2D eigenvalue weighted by Crippen LogP contribution is -2.43. The van der Waals surface area contributed by atoms with Crippen molar-refractivity contribution in [2.45, 2.75) is 53.3 Å². The summed E-state index contributed by atoms with van der Waals surface area (Å²) in [6.07, 6.45) is 0. The highest BCUT2D eigenvalue weighted by molar-refractivity contribution is 6.90. The van der Waals surface area contributed by atoms with Gasteiger partial charge in [-0.3, -0.25) is 0 Å². The van der Waals surface area contributed by atoms with Crippen LogP contribution in [0, 0.1) is 20.4 Å². The smallest absolute Gasteiger partial charge is 0.216 e. The lowest BCUT2D eigenvalue weighted by Gasteiger charge is -2.21. The van der Waals surface area contributed by atoms with Crippen LogP contribution in [0.3, 0.4) is 0 Å². The Kier molecular flexibility index (Phi) is 5.38. The van der Waals surface area contributed by atoms with Gasteiger partial charge in [0.05, 0.1) is 20.2 Å². The fraction of sp³-hybridized carbons (Fsp3) is 0.290. The molecule has 2 heterocycles. The van der Waals surface area contributed by atoms with Crippen molar-refractivity contribution in [2.75, 3.05) is 0 Å². The molecule has 0 aliphatic carbocycles. The van der Waals surface area contributed by atoms with E-state index < -0.39 is 8.07 Å². The van der Waals surface area contributed by atoms with Gasteiger partial charge in [0.1, 0.15) is 18.2 Å². The predicted molar refractivity (Wildman–Crippen MR) is 151 cm³/mol. The van der Waals surface area contributed by atoms with Crippen molar-refractivity contribution in [3.8, 4) is 11.3 Å². The number of fused-ring (bicyclic) bond motifs is 4. The van der Waals surface area contributed by atoms with E-state index in [1.807, 2.05) is 18.2 Å². The van der Waals surface area contributed by atoms with Gasteiger partial charge in [0.15, 0.2) is 5.69 Å². The van der Waals surface area contributed by atoms with Crippen molar-refractivity contribution >= 4 is 51.8 Å². The van der Waals surface area contributed by atoms with Crippen LogP contribution in [-0.2, 0) is 7.05 Å². The highest BCUT2D eigenvalue weighted by Gasteiger charge is 2.29. The van der Waals surface area contributed by atoms with E-state index in [1.165, 1.54) is 38.5 Å². The third-order valence-corrected chi connectivity index (χ3v) is 9.47. The number of furan rings is 1. The van der Waals surface area contributed by atoms with E-state index in [9.17, 15) is 0 Å². The summed E-state index contributed by atoms with van der Waals surface area (Å²) in [5, 5.41) is 5.00. The second kappa shape index (κ2) is 8.07. The fourth-order valence-electron chi connectivity index (χ4n) is 5.22. The van der Waals surface area contributed by atoms with Crippen LogP contribution in [0.2, 0.25) is 19.6 Å². The number of benzene rings is 3. The lowest BCUT2D eigenvalue weighted by atomic mass is 9.95. The van der Waals surface area contributed by atoms with Crippen LogP contribution >= 0.6 is 0 Å². The van der Waals surface area contributed by atoms with Crippen molar-refractivity contribution in [1.82, 2.24) is 0 Å². The quantitative estimate of drug-likeness (QED) is 0.146. The number of aromatic nitrogens is 1. The van der Waals surface area contributed by atoms with Gasteiger partial charge in [-0.2, -0.15) is 4.57 Å². The maximum Gasteiger partial charge on any atom is 0.216 e. The minimum atomic E-state index is -1.65. The second-order valence-corrected chi connectivity index (χ2v) is 16.2.